The van der Waals surface area contributed by atoms with E-state index in [1.54, 1.807) is 11.8 Å². The minimum Gasteiger partial charge on any atom is -0.343 e. The van der Waals surface area contributed by atoms with Crippen molar-refractivity contribution in [1.82, 2.24) is 5.32 Å². The fourth-order valence-electron chi connectivity index (χ4n) is 5.14. The van der Waals surface area contributed by atoms with E-state index in [2.05, 4.69) is 11.4 Å². The fraction of sp³-hybridized carbons (Fsp3) is 0.571. The van der Waals surface area contributed by atoms with Crippen LogP contribution >= 0.6 is 0 Å². The number of nitriles is 1. The molecule has 136 valence electrons. The maximum Gasteiger partial charge on any atom is 0.249 e. The molecule has 1 N–H and O–H groups in total. The molecule has 5 nitrogen and oxygen atoms in total. The van der Waals surface area contributed by atoms with Crippen molar-refractivity contribution in [2.75, 3.05) is 4.90 Å². The number of carbonyl (C=O) groups excluding carboxylic acids is 2. The smallest absolute Gasteiger partial charge is 0.249 e. The lowest BCUT2D eigenvalue weighted by molar-refractivity contribution is -0.130. The summed E-state index contributed by atoms with van der Waals surface area (Å²) >= 11 is 0. The summed E-state index contributed by atoms with van der Waals surface area (Å²) in [5.41, 5.74) is 1.03. The van der Waals surface area contributed by atoms with Crippen molar-refractivity contribution in [1.29, 1.82) is 5.26 Å². The Bertz CT molecular complexity index is 806. The van der Waals surface area contributed by atoms with Gasteiger partial charge in [-0.2, -0.15) is 5.26 Å². The fourth-order valence-corrected chi connectivity index (χ4v) is 5.14. The average molecular weight is 351 g/mol. The summed E-state index contributed by atoms with van der Waals surface area (Å²) in [6.45, 7) is 3.75. The molecule has 0 radical (unpaired) electrons. The van der Waals surface area contributed by atoms with E-state index in [4.69, 9.17) is 0 Å². The predicted molar refractivity (Wildman–Crippen MR) is 98.3 cm³/mol. The largest absolute Gasteiger partial charge is 0.343 e. The van der Waals surface area contributed by atoms with Crippen molar-refractivity contribution in [2.45, 2.75) is 64.5 Å². The molecule has 0 aromatic heterocycles. The number of carbonyl (C=O) groups is 2. The van der Waals surface area contributed by atoms with Crippen LogP contribution < -0.4 is 10.2 Å². The van der Waals surface area contributed by atoms with Gasteiger partial charge in [0.2, 0.25) is 11.8 Å². The van der Waals surface area contributed by atoms with Crippen LogP contribution in [0.1, 0.15) is 51.5 Å². The highest BCUT2D eigenvalue weighted by molar-refractivity contribution is 6.02. The first-order chi connectivity index (χ1) is 12.4. The van der Waals surface area contributed by atoms with E-state index in [0.29, 0.717) is 6.42 Å². The second-order valence-corrected chi connectivity index (χ2v) is 8.27. The van der Waals surface area contributed by atoms with Gasteiger partial charge in [-0.15, -0.1) is 0 Å². The lowest BCUT2D eigenvalue weighted by Gasteiger charge is -2.27. The van der Waals surface area contributed by atoms with Gasteiger partial charge in [-0.1, -0.05) is 31.0 Å². The molecule has 2 aliphatic carbocycles. The van der Waals surface area contributed by atoms with Gasteiger partial charge in [0, 0.05) is 17.1 Å². The van der Waals surface area contributed by atoms with Crippen LogP contribution in [-0.2, 0) is 16.0 Å². The number of fused-ring (bicyclic) bond motifs is 1. The first kappa shape index (κ1) is 17.1. The van der Waals surface area contributed by atoms with Crippen LogP contribution in [0.3, 0.4) is 0 Å². The van der Waals surface area contributed by atoms with Crippen LogP contribution in [0.4, 0.5) is 5.69 Å². The van der Waals surface area contributed by atoms with Crippen LogP contribution in [0.5, 0.6) is 0 Å². The Morgan fingerprint density at radius 1 is 1.31 bits per heavy atom. The molecule has 1 aromatic carbocycles. The molecule has 2 saturated carbocycles. The molecule has 5 heteroatoms. The lowest BCUT2D eigenvalue weighted by Crippen LogP contribution is -2.51. The van der Waals surface area contributed by atoms with Gasteiger partial charge in [0.25, 0.3) is 0 Å². The van der Waals surface area contributed by atoms with Gasteiger partial charge in [-0.25, -0.2) is 0 Å². The number of rotatable bonds is 3. The second-order valence-electron chi connectivity index (χ2n) is 8.27. The average Bonchev–Trinajstić information content (AvgIpc) is 2.89. The molecule has 0 saturated heterocycles. The molecule has 3 aliphatic rings. The van der Waals surface area contributed by atoms with Crippen molar-refractivity contribution in [2.24, 2.45) is 10.8 Å². The third kappa shape index (κ3) is 2.28. The summed E-state index contributed by atoms with van der Waals surface area (Å²) in [4.78, 5) is 27.7. The number of para-hydroxylation sites is 1. The van der Waals surface area contributed by atoms with E-state index in [1.807, 2.05) is 31.2 Å². The minimum absolute atomic E-state index is 0.0753. The van der Waals surface area contributed by atoms with E-state index in [-0.39, 0.29) is 23.3 Å². The molecular formula is C21H25N3O2. The van der Waals surface area contributed by atoms with E-state index in [0.717, 1.165) is 43.4 Å². The maximum atomic E-state index is 13.0. The zero-order chi connectivity index (χ0) is 18.5. The molecule has 2 fully saturated rings. The highest BCUT2D eigenvalue weighted by Gasteiger charge is 2.73. The zero-order valence-electron chi connectivity index (χ0n) is 15.4. The molecule has 2 amide bonds. The Morgan fingerprint density at radius 3 is 2.69 bits per heavy atom. The molecule has 3 atom stereocenters. The number of benzene rings is 1. The normalized spacial score (nSPS) is 29.1. The summed E-state index contributed by atoms with van der Waals surface area (Å²) in [6, 6.07) is 9.63. The Morgan fingerprint density at radius 2 is 2.00 bits per heavy atom. The van der Waals surface area contributed by atoms with Crippen molar-refractivity contribution in [3.05, 3.63) is 29.8 Å². The number of hydrogen-bond acceptors (Lipinski definition) is 3. The van der Waals surface area contributed by atoms with Gasteiger partial charge >= 0.3 is 0 Å². The van der Waals surface area contributed by atoms with Crippen molar-refractivity contribution < 1.29 is 9.59 Å². The Balaban J connectivity index is 1.49. The van der Waals surface area contributed by atoms with Crippen molar-refractivity contribution >= 4 is 17.5 Å². The molecule has 26 heavy (non-hydrogen) atoms. The quantitative estimate of drug-likeness (QED) is 0.910. The van der Waals surface area contributed by atoms with Crippen LogP contribution in [0.15, 0.2) is 24.3 Å². The molecular weight excluding hydrogens is 326 g/mol. The SMILES string of the molecule is CC(NC(=O)C1(C#N)CC12CCCC2)C(=O)N1c2ccccc2CC1C. The summed E-state index contributed by atoms with van der Waals surface area (Å²) in [6.07, 6.45) is 5.56. The molecule has 0 bridgehead atoms. The highest BCUT2D eigenvalue weighted by Crippen LogP contribution is 2.71. The van der Waals surface area contributed by atoms with Gasteiger partial charge < -0.3 is 10.2 Å². The van der Waals surface area contributed by atoms with Crippen LogP contribution in [-0.4, -0.2) is 23.9 Å². The zero-order valence-corrected chi connectivity index (χ0v) is 15.4. The number of amides is 2. The number of hydrogen-bond donors (Lipinski definition) is 1. The summed E-state index contributed by atoms with van der Waals surface area (Å²) in [7, 11) is 0. The third-order valence-corrected chi connectivity index (χ3v) is 6.69. The predicted octanol–water partition coefficient (Wildman–Crippen LogP) is 2.94. The van der Waals surface area contributed by atoms with Crippen molar-refractivity contribution in [3.63, 3.8) is 0 Å². The van der Waals surface area contributed by atoms with Gasteiger partial charge in [-0.3, -0.25) is 9.59 Å². The monoisotopic (exact) mass is 351 g/mol. The van der Waals surface area contributed by atoms with Crippen LogP contribution in [0.2, 0.25) is 0 Å². The molecule has 1 spiro atoms. The topological polar surface area (TPSA) is 73.2 Å². The van der Waals surface area contributed by atoms with E-state index in [9.17, 15) is 14.9 Å². The summed E-state index contributed by atoms with van der Waals surface area (Å²) in [5, 5.41) is 12.5. The molecule has 1 aromatic rings. The van der Waals surface area contributed by atoms with E-state index < -0.39 is 11.5 Å². The lowest BCUT2D eigenvalue weighted by atomic mass is 9.91. The van der Waals surface area contributed by atoms with Gasteiger partial charge in [0.05, 0.1) is 6.07 Å². The number of nitrogens with one attached hydrogen (secondary N) is 1. The van der Waals surface area contributed by atoms with Gasteiger partial charge in [0.1, 0.15) is 11.5 Å². The first-order valence-electron chi connectivity index (χ1n) is 9.57. The standard InChI is InChI=1S/C21H25N3O2/c1-14-11-16-7-3-4-8-17(16)24(14)18(25)15(2)23-19(26)21(13-22)12-20(21)9-5-6-10-20/h3-4,7-8,14-15H,5-6,9-12H2,1-2H3,(H,23,26). The first-order valence-corrected chi connectivity index (χ1v) is 9.57. The Kier molecular flexibility index (Phi) is 3.83. The molecule has 4 rings (SSSR count). The molecule has 1 aliphatic heterocycles. The van der Waals surface area contributed by atoms with Gasteiger partial charge in [0.15, 0.2) is 0 Å². The Hall–Kier alpha value is -2.35. The minimum atomic E-state index is -0.924. The van der Waals surface area contributed by atoms with Gasteiger partial charge in [-0.05, 0) is 51.2 Å². The van der Waals surface area contributed by atoms with E-state index in [1.165, 1.54) is 0 Å². The van der Waals surface area contributed by atoms with Crippen LogP contribution in [0.25, 0.3) is 0 Å². The highest BCUT2D eigenvalue weighted by atomic mass is 16.2. The molecule has 1 heterocycles. The number of anilines is 1. The molecule has 3 unspecified atom stereocenters. The Labute approximate surface area is 154 Å². The second kappa shape index (κ2) is 5.84. The summed E-state index contributed by atoms with van der Waals surface area (Å²) in [5.74, 6) is -0.368. The van der Waals surface area contributed by atoms with Crippen molar-refractivity contribution in [3.8, 4) is 6.07 Å². The third-order valence-electron chi connectivity index (χ3n) is 6.69. The summed E-state index contributed by atoms with van der Waals surface area (Å²) < 4.78 is 0. The van der Waals surface area contributed by atoms with Crippen LogP contribution in [0, 0.1) is 22.2 Å². The maximum absolute atomic E-state index is 13.0. The van der Waals surface area contributed by atoms with E-state index >= 15 is 0 Å². The number of nitrogens with zero attached hydrogens (tertiary/aromatic N) is 2.